The molecule has 0 saturated heterocycles. The van der Waals surface area contributed by atoms with Crippen LogP contribution in [0.4, 0.5) is 10.1 Å². The van der Waals surface area contributed by atoms with Gasteiger partial charge >= 0.3 is 0 Å². The lowest BCUT2D eigenvalue weighted by molar-refractivity contribution is 0.101. The van der Waals surface area contributed by atoms with Crippen molar-refractivity contribution >= 4 is 23.2 Å². The molecule has 0 unspecified atom stereocenters. The van der Waals surface area contributed by atoms with E-state index < -0.39 is 11.7 Å². The molecule has 0 radical (unpaired) electrons. The molecule has 2 aromatic carbocycles. The van der Waals surface area contributed by atoms with Crippen molar-refractivity contribution in [1.82, 2.24) is 15.0 Å². The number of nitrogens with one attached hydrogen (secondary N) is 1. The highest BCUT2D eigenvalue weighted by Crippen LogP contribution is 2.19. The molecule has 3 aromatic rings. The predicted octanol–water partition coefficient (Wildman–Crippen LogP) is 3.46. The van der Waals surface area contributed by atoms with E-state index in [0.717, 1.165) is 0 Å². The molecule has 1 heterocycles. The van der Waals surface area contributed by atoms with Gasteiger partial charge in [-0.25, -0.2) is 9.07 Å². The third kappa shape index (κ3) is 3.67. The van der Waals surface area contributed by atoms with Crippen LogP contribution in [0.25, 0.3) is 5.69 Å². The second-order valence-corrected chi connectivity index (χ2v) is 5.58. The zero-order valence-electron chi connectivity index (χ0n) is 13.2. The number of para-hydroxylation sites is 1. The van der Waals surface area contributed by atoms with Crippen LogP contribution in [0.5, 0.6) is 0 Å². The summed E-state index contributed by atoms with van der Waals surface area (Å²) in [6.07, 6.45) is 0. The van der Waals surface area contributed by atoms with Gasteiger partial charge in [-0.15, -0.1) is 5.10 Å². The van der Waals surface area contributed by atoms with Crippen molar-refractivity contribution in [3.8, 4) is 5.69 Å². The Morgan fingerprint density at radius 1 is 1.24 bits per heavy atom. The van der Waals surface area contributed by atoms with Gasteiger partial charge in [0.2, 0.25) is 0 Å². The molecular weight excluding hydrogens is 347 g/mol. The first kappa shape index (κ1) is 17.1. The van der Waals surface area contributed by atoms with Gasteiger partial charge in [0.05, 0.1) is 18.0 Å². The third-order valence-corrected chi connectivity index (χ3v) is 3.70. The van der Waals surface area contributed by atoms with E-state index in [9.17, 15) is 9.18 Å². The van der Waals surface area contributed by atoms with Crippen LogP contribution in [-0.2, 0) is 11.3 Å². The highest BCUT2D eigenvalue weighted by Gasteiger charge is 2.21. The summed E-state index contributed by atoms with van der Waals surface area (Å²) >= 11 is 5.89. The van der Waals surface area contributed by atoms with Gasteiger partial charge in [-0.3, -0.25) is 4.79 Å². The lowest BCUT2D eigenvalue weighted by atomic mass is 10.2. The van der Waals surface area contributed by atoms with Gasteiger partial charge in [-0.05, 0) is 36.4 Å². The molecule has 0 aliphatic rings. The molecule has 128 valence electrons. The summed E-state index contributed by atoms with van der Waals surface area (Å²) in [4.78, 5) is 12.5. The summed E-state index contributed by atoms with van der Waals surface area (Å²) in [5.41, 5.74) is 1.24. The van der Waals surface area contributed by atoms with E-state index in [4.69, 9.17) is 16.3 Å². The van der Waals surface area contributed by atoms with Gasteiger partial charge in [0.15, 0.2) is 5.69 Å². The molecule has 1 N–H and O–H groups in total. The normalized spacial score (nSPS) is 10.7. The molecule has 0 fully saturated rings. The Morgan fingerprint density at radius 2 is 1.96 bits per heavy atom. The second kappa shape index (κ2) is 7.42. The van der Waals surface area contributed by atoms with E-state index in [1.807, 2.05) is 0 Å². The van der Waals surface area contributed by atoms with Gasteiger partial charge in [0, 0.05) is 12.1 Å². The van der Waals surface area contributed by atoms with Crippen LogP contribution in [0, 0.1) is 5.82 Å². The summed E-state index contributed by atoms with van der Waals surface area (Å²) < 4.78 is 20.4. The highest BCUT2D eigenvalue weighted by molar-refractivity contribution is 6.30. The number of aromatic nitrogens is 3. The Balaban J connectivity index is 1.95. The molecule has 0 aliphatic carbocycles. The van der Waals surface area contributed by atoms with Crippen molar-refractivity contribution in [1.29, 1.82) is 0 Å². The molecular formula is C17H14ClFN4O2. The fourth-order valence-corrected chi connectivity index (χ4v) is 2.40. The maximum absolute atomic E-state index is 13.7. The van der Waals surface area contributed by atoms with E-state index >= 15 is 0 Å². The minimum Gasteiger partial charge on any atom is -0.378 e. The molecule has 0 saturated carbocycles. The lowest BCUT2D eigenvalue weighted by Crippen LogP contribution is -2.16. The van der Waals surface area contributed by atoms with Gasteiger partial charge < -0.3 is 10.1 Å². The van der Waals surface area contributed by atoms with Crippen molar-refractivity contribution < 1.29 is 13.9 Å². The number of benzene rings is 2. The van der Waals surface area contributed by atoms with Gasteiger partial charge in [-0.1, -0.05) is 28.9 Å². The number of methoxy groups -OCH3 is 1. The van der Waals surface area contributed by atoms with Crippen molar-refractivity contribution in [3.63, 3.8) is 0 Å². The molecule has 3 rings (SSSR count). The van der Waals surface area contributed by atoms with Crippen LogP contribution >= 0.6 is 11.6 Å². The Bertz CT molecular complexity index is 896. The number of anilines is 1. The van der Waals surface area contributed by atoms with Crippen LogP contribution < -0.4 is 5.32 Å². The van der Waals surface area contributed by atoms with Crippen LogP contribution in [-0.4, -0.2) is 28.0 Å². The Hall–Kier alpha value is -2.77. The highest BCUT2D eigenvalue weighted by atomic mass is 35.5. The minimum atomic E-state index is -0.572. The van der Waals surface area contributed by atoms with Gasteiger partial charge in [0.1, 0.15) is 11.5 Å². The van der Waals surface area contributed by atoms with Gasteiger partial charge in [-0.2, -0.15) is 0 Å². The average molecular weight is 361 g/mol. The number of carbonyl (C=O) groups is 1. The van der Waals surface area contributed by atoms with E-state index in [1.54, 1.807) is 30.3 Å². The molecule has 1 aromatic heterocycles. The summed E-state index contributed by atoms with van der Waals surface area (Å²) in [5.74, 6) is -1.11. The van der Waals surface area contributed by atoms with Crippen molar-refractivity contribution in [2.75, 3.05) is 12.4 Å². The molecule has 0 atom stereocenters. The van der Waals surface area contributed by atoms with E-state index in [1.165, 1.54) is 30.0 Å². The molecule has 1 amide bonds. The number of amides is 1. The quantitative estimate of drug-likeness (QED) is 0.756. The topological polar surface area (TPSA) is 69.0 Å². The third-order valence-electron chi connectivity index (χ3n) is 3.45. The van der Waals surface area contributed by atoms with Crippen LogP contribution in [0.3, 0.4) is 0 Å². The lowest BCUT2D eigenvalue weighted by Gasteiger charge is -2.08. The van der Waals surface area contributed by atoms with Crippen LogP contribution in [0.15, 0.2) is 48.5 Å². The van der Waals surface area contributed by atoms with Gasteiger partial charge in [0.25, 0.3) is 5.91 Å². The number of ether oxygens (including phenoxy) is 1. The smallest absolute Gasteiger partial charge is 0.278 e. The SMILES string of the molecule is COCc1c(C(=O)Nc2ccccc2F)nnn1-c1ccc(Cl)cc1. The summed E-state index contributed by atoms with van der Waals surface area (Å²) in [7, 11) is 1.50. The van der Waals surface area contributed by atoms with E-state index in [2.05, 4.69) is 15.6 Å². The number of rotatable bonds is 5. The first-order valence-electron chi connectivity index (χ1n) is 7.35. The predicted molar refractivity (Wildman–Crippen MR) is 91.4 cm³/mol. The number of halogens is 2. The van der Waals surface area contributed by atoms with E-state index in [0.29, 0.717) is 16.4 Å². The largest absolute Gasteiger partial charge is 0.378 e. The Labute approximate surface area is 148 Å². The zero-order valence-corrected chi connectivity index (χ0v) is 14.0. The number of hydrogen-bond acceptors (Lipinski definition) is 4. The maximum atomic E-state index is 13.7. The van der Waals surface area contributed by atoms with E-state index in [-0.39, 0.29) is 18.0 Å². The average Bonchev–Trinajstić information content (AvgIpc) is 3.02. The Morgan fingerprint density at radius 3 is 2.64 bits per heavy atom. The van der Waals surface area contributed by atoms with Crippen molar-refractivity contribution in [3.05, 3.63) is 70.8 Å². The first-order chi connectivity index (χ1) is 12.1. The van der Waals surface area contributed by atoms with Crippen LogP contribution in [0.2, 0.25) is 5.02 Å². The number of hydrogen-bond donors (Lipinski definition) is 1. The standard InChI is InChI=1S/C17H14ClFN4O2/c1-25-10-15-16(17(24)20-14-5-3-2-4-13(14)19)21-22-23(15)12-8-6-11(18)7-9-12/h2-9H,10H2,1H3,(H,20,24). The number of carbonyl (C=O) groups excluding carboxylic acids is 1. The van der Waals surface area contributed by atoms with Crippen LogP contribution in [0.1, 0.15) is 16.2 Å². The Kier molecular flexibility index (Phi) is 5.06. The molecule has 0 aliphatic heterocycles. The monoisotopic (exact) mass is 360 g/mol. The zero-order chi connectivity index (χ0) is 17.8. The summed E-state index contributed by atoms with van der Waals surface area (Å²) in [6.45, 7) is 0.107. The molecule has 8 heteroatoms. The first-order valence-corrected chi connectivity index (χ1v) is 7.73. The maximum Gasteiger partial charge on any atom is 0.278 e. The second-order valence-electron chi connectivity index (χ2n) is 5.14. The molecule has 6 nitrogen and oxygen atoms in total. The van der Waals surface area contributed by atoms with Crippen molar-refractivity contribution in [2.45, 2.75) is 6.61 Å². The van der Waals surface area contributed by atoms with Crippen molar-refractivity contribution in [2.24, 2.45) is 0 Å². The summed E-state index contributed by atoms with van der Waals surface area (Å²) in [6, 6.07) is 12.8. The molecule has 25 heavy (non-hydrogen) atoms. The number of nitrogens with zero attached hydrogens (tertiary/aromatic N) is 3. The molecule has 0 bridgehead atoms. The fourth-order valence-electron chi connectivity index (χ4n) is 2.28. The minimum absolute atomic E-state index is 0.0556. The fraction of sp³-hybridized carbons (Fsp3) is 0.118. The molecule has 0 spiro atoms. The summed E-state index contributed by atoms with van der Waals surface area (Å²) in [5, 5.41) is 11.0.